The van der Waals surface area contributed by atoms with Crippen LogP contribution in [0.4, 0.5) is 0 Å². The van der Waals surface area contributed by atoms with Crippen LogP contribution >= 0.6 is 24.0 Å². The van der Waals surface area contributed by atoms with Crippen molar-refractivity contribution >= 4 is 34.9 Å². The Morgan fingerprint density at radius 2 is 1.76 bits per heavy atom. The fourth-order valence-electron chi connectivity index (χ4n) is 1.92. The maximum Gasteiger partial charge on any atom is 0.252 e. The van der Waals surface area contributed by atoms with Gasteiger partial charge in [0, 0.05) is 10.5 Å². The van der Waals surface area contributed by atoms with E-state index in [4.69, 9.17) is 18.0 Å². The van der Waals surface area contributed by atoms with Gasteiger partial charge in [0.25, 0.3) is 5.91 Å². The highest BCUT2D eigenvalue weighted by Crippen LogP contribution is 2.17. The second kappa shape index (κ2) is 7.24. The molecule has 0 saturated carbocycles. The van der Waals surface area contributed by atoms with Crippen LogP contribution in [0.1, 0.15) is 22.0 Å². The Kier molecular flexibility index (Phi) is 5.36. The van der Waals surface area contributed by atoms with Crippen molar-refractivity contribution in [2.75, 3.05) is 6.26 Å². The first-order chi connectivity index (χ1) is 10.1. The lowest BCUT2D eigenvalue weighted by molar-refractivity contribution is 0.0947. The molecule has 0 radical (unpaired) electrons. The van der Waals surface area contributed by atoms with Gasteiger partial charge >= 0.3 is 0 Å². The zero-order valence-electron chi connectivity index (χ0n) is 11.6. The standard InChI is InChI=1S/C16H16N2OS2/c1-21-13-9-7-12(8-10-13)16(19)18-14(15(17)20)11-5-3-2-4-6-11/h2-10,14H,1H3,(H2,17,20)(H,18,19). The molecule has 0 aliphatic carbocycles. The van der Waals surface area contributed by atoms with Crippen molar-refractivity contribution < 1.29 is 4.79 Å². The fraction of sp³-hybridized carbons (Fsp3) is 0.125. The Balaban J connectivity index is 2.16. The van der Waals surface area contributed by atoms with Gasteiger partial charge in [0.2, 0.25) is 0 Å². The molecule has 2 aromatic rings. The molecule has 0 aliphatic rings. The van der Waals surface area contributed by atoms with E-state index in [2.05, 4.69) is 5.32 Å². The summed E-state index contributed by atoms with van der Waals surface area (Å²) in [6, 6.07) is 16.4. The van der Waals surface area contributed by atoms with Gasteiger partial charge in [0.1, 0.15) is 11.0 Å². The van der Waals surface area contributed by atoms with Crippen molar-refractivity contribution in [3.05, 3.63) is 65.7 Å². The first-order valence-corrected chi connectivity index (χ1v) is 8.04. The van der Waals surface area contributed by atoms with Gasteiger partial charge in [-0.1, -0.05) is 42.5 Å². The van der Waals surface area contributed by atoms with Gasteiger partial charge in [-0.05, 0) is 36.1 Å². The normalized spacial score (nSPS) is 11.7. The Hall–Kier alpha value is -1.85. The minimum absolute atomic E-state index is 0.190. The van der Waals surface area contributed by atoms with Crippen molar-refractivity contribution in [2.45, 2.75) is 10.9 Å². The third-order valence-corrected chi connectivity index (χ3v) is 4.02. The number of nitrogens with two attached hydrogens (primary N) is 1. The van der Waals surface area contributed by atoms with Crippen LogP contribution in [0.25, 0.3) is 0 Å². The number of hydrogen-bond donors (Lipinski definition) is 2. The van der Waals surface area contributed by atoms with Crippen LogP contribution in [-0.4, -0.2) is 17.2 Å². The van der Waals surface area contributed by atoms with Gasteiger partial charge in [-0.3, -0.25) is 4.79 Å². The van der Waals surface area contributed by atoms with Crippen LogP contribution in [0.3, 0.4) is 0 Å². The molecule has 0 aromatic heterocycles. The number of rotatable bonds is 5. The maximum absolute atomic E-state index is 12.3. The molecule has 1 unspecified atom stereocenters. The zero-order valence-corrected chi connectivity index (χ0v) is 13.2. The molecule has 0 fully saturated rings. The average molecular weight is 316 g/mol. The molecule has 1 atom stereocenters. The minimum atomic E-state index is -0.464. The molecule has 0 bridgehead atoms. The van der Waals surface area contributed by atoms with Gasteiger partial charge in [-0.2, -0.15) is 0 Å². The quantitative estimate of drug-likeness (QED) is 0.657. The van der Waals surface area contributed by atoms with Gasteiger partial charge in [-0.25, -0.2) is 0 Å². The zero-order chi connectivity index (χ0) is 15.2. The summed E-state index contributed by atoms with van der Waals surface area (Å²) in [6.45, 7) is 0. The number of thiocarbonyl (C=S) groups is 1. The van der Waals surface area contributed by atoms with E-state index in [1.807, 2.05) is 48.7 Å². The third kappa shape index (κ3) is 4.06. The highest BCUT2D eigenvalue weighted by molar-refractivity contribution is 7.98. The molecule has 108 valence electrons. The summed E-state index contributed by atoms with van der Waals surface area (Å²) in [5.41, 5.74) is 7.22. The first kappa shape index (κ1) is 15.5. The summed E-state index contributed by atoms with van der Waals surface area (Å²) >= 11 is 6.70. The summed E-state index contributed by atoms with van der Waals surface area (Å²) in [4.78, 5) is 13.7. The number of nitrogens with one attached hydrogen (secondary N) is 1. The fourth-order valence-corrected chi connectivity index (χ4v) is 2.52. The van der Waals surface area contributed by atoms with E-state index in [0.29, 0.717) is 5.56 Å². The van der Waals surface area contributed by atoms with E-state index in [-0.39, 0.29) is 10.9 Å². The monoisotopic (exact) mass is 316 g/mol. The molecule has 5 heteroatoms. The second-order valence-corrected chi connectivity index (χ2v) is 5.80. The van der Waals surface area contributed by atoms with Crippen molar-refractivity contribution in [3.63, 3.8) is 0 Å². The average Bonchev–Trinajstić information content (AvgIpc) is 2.53. The Morgan fingerprint density at radius 1 is 1.14 bits per heavy atom. The molecule has 0 heterocycles. The van der Waals surface area contributed by atoms with E-state index in [9.17, 15) is 4.79 Å². The van der Waals surface area contributed by atoms with Gasteiger partial charge in [0.15, 0.2) is 0 Å². The number of thioether (sulfide) groups is 1. The molecule has 0 saturated heterocycles. The Labute approximate surface area is 133 Å². The van der Waals surface area contributed by atoms with Crippen LogP contribution < -0.4 is 11.1 Å². The van der Waals surface area contributed by atoms with Crippen molar-refractivity contribution in [1.29, 1.82) is 0 Å². The number of benzene rings is 2. The lowest BCUT2D eigenvalue weighted by atomic mass is 10.1. The molecular weight excluding hydrogens is 300 g/mol. The highest BCUT2D eigenvalue weighted by atomic mass is 32.2. The van der Waals surface area contributed by atoms with Crippen LogP contribution in [0.2, 0.25) is 0 Å². The molecule has 1 amide bonds. The van der Waals surface area contributed by atoms with Gasteiger partial charge in [0.05, 0.1) is 0 Å². The van der Waals surface area contributed by atoms with Crippen molar-refractivity contribution in [1.82, 2.24) is 5.32 Å². The van der Waals surface area contributed by atoms with E-state index in [1.54, 1.807) is 23.9 Å². The molecular formula is C16H16N2OS2. The largest absolute Gasteiger partial charge is 0.391 e. The lowest BCUT2D eigenvalue weighted by Gasteiger charge is -2.18. The van der Waals surface area contributed by atoms with Gasteiger partial charge < -0.3 is 11.1 Å². The SMILES string of the molecule is CSc1ccc(C(=O)NC(C(N)=S)c2ccccc2)cc1. The summed E-state index contributed by atoms with van der Waals surface area (Å²) < 4.78 is 0. The number of hydrogen-bond acceptors (Lipinski definition) is 3. The Bertz CT molecular complexity index is 626. The molecule has 2 aromatic carbocycles. The molecule has 3 N–H and O–H groups in total. The van der Waals surface area contributed by atoms with E-state index >= 15 is 0 Å². The smallest absolute Gasteiger partial charge is 0.252 e. The second-order valence-electron chi connectivity index (χ2n) is 4.45. The topological polar surface area (TPSA) is 55.1 Å². The van der Waals surface area contributed by atoms with E-state index in [1.165, 1.54) is 0 Å². The van der Waals surface area contributed by atoms with E-state index in [0.717, 1.165) is 10.5 Å². The summed E-state index contributed by atoms with van der Waals surface area (Å²) in [5.74, 6) is -0.190. The van der Waals surface area contributed by atoms with Crippen LogP contribution in [0, 0.1) is 0 Å². The highest BCUT2D eigenvalue weighted by Gasteiger charge is 2.17. The predicted molar refractivity (Wildman–Crippen MR) is 91.7 cm³/mol. The molecule has 21 heavy (non-hydrogen) atoms. The van der Waals surface area contributed by atoms with Crippen LogP contribution in [-0.2, 0) is 0 Å². The Morgan fingerprint density at radius 3 is 2.29 bits per heavy atom. The number of amides is 1. The first-order valence-electron chi connectivity index (χ1n) is 6.41. The minimum Gasteiger partial charge on any atom is -0.391 e. The molecule has 0 aliphatic heterocycles. The predicted octanol–water partition coefficient (Wildman–Crippen LogP) is 3.17. The maximum atomic E-state index is 12.3. The number of carbonyl (C=O) groups excluding carboxylic acids is 1. The van der Waals surface area contributed by atoms with Crippen molar-refractivity contribution in [3.8, 4) is 0 Å². The summed E-state index contributed by atoms with van der Waals surface area (Å²) in [5, 5.41) is 2.87. The van der Waals surface area contributed by atoms with E-state index < -0.39 is 6.04 Å². The summed E-state index contributed by atoms with van der Waals surface area (Å²) in [7, 11) is 0. The lowest BCUT2D eigenvalue weighted by Crippen LogP contribution is -2.36. The van der Waals surface area contributed by atoms with Crippen molar-refractivity contribution in [2.24, 2.45) is 5.73 Å². The number of carbonyl (C=O) groups is 1. The summed E-state index contributed by atoms with van der Waals surface area (Å²) in [6.07, 6.45) is 1.99. The molecule has 2 rings (SSSR count). The van der Waals surface area contributed by atoms with Crippen LogP contribution in [0.5, 0.6) is 0 Å². The molecule has 3 nitrogen and oxygen atoms in total. The molecule has 0 spiro atoms. The van der Waals surface area contributed by atoms with Crippen LogP contribution in [0.15, 0.2) is 59.5 Å². The third-order valence-electron chi connectivity index (χ3n) is 3.05. The van der Waals surface area contributed by atoms with Gasteiger partial charge in [-0.15, -0.1) is 11.8 Å².